The average molecular weight is 244 g/mol. The highest BCUT2D eigenvalue weighted by molar-refractivity contribution is 5.82. The Morgan fingerprint density at radius 2 is 1.89 bits per heavy atom. The van der Waals surface area contributed by atoms with Crippen molar-refractivity contribution in [1.29, 1.82) is 0 Å². The van der Waals surface area contributed by atoms with Gasteiger partial charge >= 0.3 is 0 Å². The molecule has 0 aliphatic heterocycles. The zero-order valence-electron chi connectivity index (χ0n) is 10.3. The maximum Gasteiger partial charge on any atom is 0.123 e. The molecule has 0 radical (unpaired) electrons. The molecule has 2 nitrogen and oxygen atoms in total. The maximum absolute atomic E-state index is 13.4. The summed E-state index contributed by atoms with van der Waals surface area (Å²) in [5.41, 5.74) is 8.05. The smallest absolute Gasteiger partial charge is 0.123 e. The second kappa shape index (κ2) is 4.65. The van der Waals surface area contributed by atoms with Crippen LogP contribution in [-0.2, 0) is 0 Å². The van der Waals surface area contributed by atoms with Crippen molar-refractivity contribution in [2.45, 2.75) is 37.6 Å². The van der Waals surface area contributed by atoms with Crippen LogP contribution in [0.3, 0.4) is 0 Å². The van der Waals surface area contributed by atoms with Gasteiger partial charge in [0.1, 0.15) is 5.82 Å². The average Bonchev–Trinajstić information content (AvgIpc) is 2.39. The van der Waals surface area contributed by atoms with Crippen molar-refractivity contribution in [2.75, 3.05) is 0 Å². The number of aromatic nitrogens is 1. The van der Waals surface area contributed by atoms with E-state index in [0.29, 0.717) is 12.0 Å². The van der Waals surface area contributed by atoms with E-state index in [4.69, 9.17) is 5.73 Å². The quantitative estimate of drug-likeness (QED) is 0.835. The first-order valence-electron chi connectivity index (χ1n) is 6.54. The minimum absolute atomic E-state index is 0.190. The fraction of sp³-hybridized carbons (Fsp3) is 0.400. The van der Waals surface area contributed by atoms with E-state index in [2.05, 4.69) is 4.98 Å². The second-order valence-corrected chi connectivity index (χ2v) is 5.17. The van der Waals surface area contributed by atoms with Crippen molar-refractivity contribution in [3.63, 3.8) is 0 Å². The largest absolute Gasteiger partial charge is 0.328 e. The lowest BCUT2D eigenvalue weighted by Crippen LogP contribution is -2.25. The normalized spacial score (nSPS) is 24.3. The highest BCUT2D eigenvalue weighted by Crippen LogP contribution is 2.35. The lowest BCUT2D eigenvalue weighted by Gasteiger charge is -2.27. The summed E-state index contributed by atoms with van der Waals surface area (Å²) in [5, 5.41) is 0.956. The van der Waals surface area contributed by atoms with Crippen LogP contribution >= 0.6 is 0 Å². The van der Waals surface area contributed by atoms with E-state index in [1.54, 1.807) is 12.1 Å². The van der Waals surface area contributed by atoms with Gasteiger partial charge in [0.05, 0.1) is 5.52 Å². The van der Waals surface area contributed by atoms with E-state index in [0.717, 1.165) is 36.6 Å². The van der Waals surface area contributed by atoms with Gasteiger partial charge in [-0.25, -0.2) is 4.39 Å². The molecule has 0 bridgehead atoms. The fourth-order valence-electron chi connectivity index (χ4n) is 2.93. The molecule has 2 N–H and O–H groups in total. The number of rotatable bonds is 1. The van der Waals surface area contributed by atoms with Crippen LogP contribution in [0.25, 0.3) is 10.9 Å². The Balaban J connectivity index is 2.03. The molecule has 0 amide bonds. The minimum Gasteiger partial charge on any atom is -0.328 e. The first-order chi connectivity index (χ1) is 8.74. The van der Waals surface area contributed by atoms with E-state index in [-0.39, 0.29) is 5.82 Å². The Morgan fingerprint density at radius 1 is 1.11 bits per heavy atom. The SMILES string of the molecule is N[C@H]1CC[C@@H](c2ccnc3ccc(F)cc32)CC1. The van der Waals surface area contributed by atoms with Crippen LogP contribution in [0.15, 0.2) is 30.5 Å². The van der Waals surface area contributed by atoms with Crippen LogP contribution in [-0.4, -0.2) is 11.0 Å². The molecule has 3 heteroatoms. The van der Waals surface area contributed by atoms with Crippen LogP contribution < -0.4 is 5.73 Å². The molecule has 1 heterocycles. The highest BCUT2D eigenvalue weighted by atomic mass is 19.1. The number of pyridine rings is 1. The van der Waals surface area contributed by atoms with Gasteiger partial charge in [-0.3, -0.25) is 4.98 Å². The monoisotopic (exact) mass is 244 g/mol. The van der Waals surface area contributed by atoms with Crippen molar-refractivity contribution in [3.8, 4) is 0 Å². The Hall–Kier alpha value is -1.48. The number of halogens is 1. The van der Waals surface area contributed by atoms with Crippen LogP contribution in [0.2, 0.25) is 0 Å². The summed E-state index contributed by atoms with van der Waals surface area (Å²) in [4.78, 5) is 4.30. The van der Waals surface area contributed by atoms with Crippen LogP contribution in [0.5, 0.6) is 0 Å². The molecule has 1 saturated carbocycles. The molecule has 94 valence electrons. The van der Waals surface area contributed by atoms with E-state index in [1.807, 2.05) is 12.3 Å². The van der Waals surface area contributed by atoms with Gasteiger partial charge in [-0.15, -0.1) is 0 Å². The van der Waals surface area contributed by atoms with Gasteiger partial charge in [-0.2, -0.15) is 0 Å². The molecule has 1 fully saturated rings. The third kappa shape index (κ3) is 2.10. The van der Waals surface area contributed by atoms with E-state index in [1.165, 1.54) is 11.6 Å². The Labute approximate surface area is 106 Å². The molecule has 1 aromatic heterocycles. The van der Waals surface area contributed by atoms with Crippen molar-refractivity contribution >= 4 is 10.9 Å². The predicted molar refractivity (Wildman–Crippen MR) is 70.9 cm³/mol. The van der Waals surface area contributed by atoms with Gasteiger partial charge in [0.25, 0.3) is 0 Å². The van der Waals surface area contributed by atoms with Gasteiger partial charge in [0, 0.05) is 17.6 Å². The minimum atomic E-state index is -0.190. The van der Waals surface area contributed by atoms with Gasteiger partial charge in [0.15, 0.2) is 0 Å². The number of fused-ring (bicyclic) bond motifs is 1. The molecule has 1 aliphatic rings. The number of benzene rings is 1. The number of hydrogen-bond acceptors (Lipinski definition) is 2. The number of nitrogens with two attached hydrogens (primary N) is 1. The molecule has 0 unspecified atom stereocenters. The van der Waals surface area contributed by atoms with Crippen LogP contribution in [0, 0.1) is 5.82 Å². The van der Waals surface area contributed by atoms with Crippen molar-refractivity contribution < 1.29 is 4.39 Å². The lowest BCUT2D eigenvalue weighted by atomic mass is 9.81. The topological polar surface area (TPSA) is 38.9 Å². The molecule has 2 aromatic rings. The summed E-state index contributed by atoms with van der Waals surface area (Å²) in [5.74, 6) is 0.307. The summed E-state index contributed by atoms with van der Waals surface area (Å²) in [6.07, 6.45) is 6.13. The molecule has 1 aliphatic carbocycles. The van der Waals surface area contributed by atoms with Crippen molar-refractivity contribution in [1.82, 2.24) is 4.98 Å². The molecule has 0 spiro atoms. The van der Waals surface area contributed by atoms with Crippen LogP contribution in [0.4, 0.5) is 4.39 Å². The summed E-state index contributed by atoms with van der Waals surface area (Å²) < 4.78 is 13.4. The zero-order chi connectivity index (χ0) is 12.5. The van der Waals surface area contributed by atoms with Gasteiger partial charge < -0.3 is 5.73 Å². The Bertz CT molecular complexity index is 559. The van der Waals surface area contributed by atoms with Gasteiger partial charge in [-0.1, -0.05) is 0 Å². The van der Waals surface area contributed by atoms with Gasteiger partial charge in [0.2, 0.25) is 0 Å². The first-order valence-corrected chi connectivity index (χ1v) is 6.54. The van der Waals surface area contributed by atoms with E-state index >= 15 is 0 Å². The van der Waals surface area contributed by atoms with Crippen molar-refractivity contribution in [2.24, 2.45) is 5.73 Å². The molecular weight excluding hydrogens is 227 g/mol. The standard InChI is InChI=1S/C15H17FN2/c16-11-3-6-15-14(9-11)13(7-8-18-15)10-1-4-12(17)5-2-10/h3,6-10,12H,1-2,4-5,17H2/t10-,12+. The molecule has 0 saturated heterocycles. The Morgan fingerprint density at radius 3 is 2.67 bits per heavy atom. The summed E-state index contributed by atoms with van der Waals surface area (Å²) in [6.45, 7) is 0. The summed E-state index contributed by atoms with van der Waals surface area (Å²) in [6, 6.07) is 7.19. The Kier molecular flexibility index (Phi) is 3.00. The first kappa shape index (κ1) is 11.6. The summed E-state index contributed by atoms with van der Waals surface area (Å²) >= 11 is 0. The molecule has 1 aromatic carbocycles. The zero-order valence-corrected chi connectivity index (χ0v) is 10.3. The van der Waals surface area contributed by atoms with E-state index < -0.39 is 0 Å². The maximum atomic E-state index is 13.4. The molecule has 3 rings (SSSR count). The predicted octanol–water partition coefficient (Wildman–Crippen LogP) is 3.36. The molecule has 0 atom stereocenters. The van der Waals surface area contributed by atoms with Crippen molar-refractivity contribution in [3.05, 3.63) is 41.8 Å². The number of hydrogen-bond donors (Lipinski definition) is 1. The molecule has 18 heavy (non-hydrogen) atoms. The highest BCUT2D eigenvalue weighted by Gasteiger charge is 2.21. The lowest BCUT2D eigenvalue weighted by molar-refractivity contribution is 0.397. The summed E-state index contributed by atoms with van der Waals surface area (Å²) in [7, 11) is 0. The van der Waals surface area contributed by atoms with E-state index in [9.17, 15) is 4.39 Å². The third-order valence-electron chi connectivity index (χ3n) is 3.95. The molecular formula is C15H17FN2. The fourth-order valence-corrected chi connectivity index (χ4v) is 2.93. The second-order valence-electron chi connectivity index (χ2n) is 5.17. The van der Waals surface area contributed by atoms with Gasteiger partial charge in [-0.05, 0) is 61.4 Å². The third-order valence-corrected chi connectivity index (χ3v) is 3.95. The van der Waals surface area contributed by atoms with Crippen LogP contribution in [0.1, 0.15) is 37.2 Å². The number of nitrogens with zero attached hydrogens (tertiary/aromatic N) is 1.